The number of pyridine rings is 1. The second kappa shape index (κ2) is 10.9. The second-order valence-electron chi connectivity index (χ2n) is 7.87. The number of ether oxygens (including phenoxy) is 3. The van der Waals surface area contributed by atoms with Crippen molar-refractivity contribution in [1.82, 2.24) is 10.3 Å². The Morgan fingerprint density at radius 1 is 1.09 bits per heavy atom. The quantitative estimate of drug-likeness (QED) is 0.420. The molecule has 1 aliphatic rings. The van der Waals surface area contributed by atoms with Crippen molar-refractivity contribution in [3.63, 3.8) is 0 Å². The fraction of sp³-hybridized carbons (Fsp3) is 0.192. The number of anilines is 2. The first-order valence-corrected chi connectivity index (χ1v) is 11.4. The number of thiocarbonyl (C=S) groups is 1. The Morgan fingerprint density at radius 2 is 1.83 bits per heavy atom. The Morgan fingerprint density at radius 3 is 2.51 bits per heavy atom. The summed E-state index contributed by atoms with van der Waals surface area (Å²) >= 11 is 5.25. The molecule has 4 rings (SSSR count). The Hall–Kier alpha value is -4.11. The predicted octanol–water partition coefficient (Wildman–Crippen LogP) is 4.39. The minimum atomic E-state index is -0.195. The lowest BCUT2D eigenvalue weighted by Gasteiger charge is -2.25. The molecule has 1 atom stereocenters. The number of benzene rings is 2. The van der Waals surface area contributed by atoms with Gasteiger partial charge in [0.25, 0.3) is 0 Å². The van der Waals surface area contributed by atoms with Crippen molar-refractivity contribution in [3.8, 4) is 17.4 Å². The van der Waals surface area contributed by atoms with Gasteiger partial charge >= 0.3 is 0 Å². The number of rotatable bonds is 7. The zero-order chi connectivity index (χ0) is 24.8. The summed E-state index contributed by atoms with van der Waals surface area (Å²) in [5.74, 6) is 2.11. The Bertz CT molecular complexity index is 1250. The molecule has 0 fully saturated rings. The number of hydrogen-bond acceptors (Lipinski definition) is 7. The highest BCUT2D eigenvalue weighted by Crippen LogP contribution is 2.39. The largest absolute Gasteiger partial charge is 0.493 e. The van der Waals surface area contributed by atoms with Crippen LogP contribution in [0.4, 0.5) is 11.4 Å². The monoisotopic (exact) mass is 490 g/mol. The molecule has 3 aromatic rings. The highest BCUT2D eigenvalue weighted by molar-refractivity contribution is 7.80. The van der Waals surface area contributed by atoms with Gasteiger partial charge in [0.15, 0.2) is 16.6 Å². The first-order chi connectivity index (χ1) is 16.9. The van der Waals surface area contributed by atoms with E-state index in [1.807, 2.05) is 55.5 Å². The lowest BCUT2D eigenvalue weighted by atomic mass is 10.0. The summed E-state index contributed by atoms with van der Waals surface area (Å²) in [4.78, 5) is 16.6. The number of amides is 1. The summed E-state index contributed by atoms with van der Waals surface area (Å²) in [6.07, 6.45) is 3.80. The van der Waals surface area contributed by atoms with E-state index in [4.69, 9.17) is 26.4 Å². The van der Waals surface area contributed by atoms with E-state index in [-0.39, 0.29) is 23.5 Å². The van der Waals surface area contributed by atoms with Crippen LogP contribution < -0.4 is 30.2 Å². The average molecular weight is 491 g/mol. The van der Waals surface area contributed by atoms with Gasteiger partial charge in [0.1, 0.15) is 5.76 Å². The zero-order valence-electron chi connectivity index (χ0n) is 19.6. The molecule has 0 aliphatic carbocycles. The number of nitrogens with zero attached hydrogens (tertiary/aromatic N) is 1. The molecule has 2 heterocycles. The van der Waals surface area contributed by atoms with Crippen LogP contribution in [-0.4, -0.2) is 36.3 Å². The highest BCUT2D eigenvalue weighted by Gasteiger charge is 2.22. The van der Waals surface area contributed by atoms with Gasteiger partial charge < -0.3 is 30.2 Å². The van der Waals surface area contributed by atoms with Gasteiger partial charge in [-0.2, -0.15) is 0 Å². The second-order valence-corrected chi connectivity index (χ2v) is 8.28. The van der Waals surface area contributed by atoms with Gasteiger partial charge in [-0.1, -0.05) is 30.3 Å². The normalized spacial score (nSPS) is 14.0. The van der Waals surface area contributed by atoms with Gasteiger partial charge in [-0.3, -0.25) is 4.79 Å². The zero-order valence-corrected chi connectivity index (χ0v) is 20.4. The summed E-state index contributed by atoms with van der Waals surface area (Å²) in [6.45, 7) is 2.02. The van der Waals surface area contributed by atoms with Crippen molar-refractivity contribution in [2.45, 2.75) is 19.4 Å². The van der Waals surface area contributed by atoms with Gasteiger partial charge in [-0.05, 0) is 42.9 Å². The van der Waals surface area contributed by atoms with Crippen LogP contribution >= 0.6 is 12.2 Å². The lowest BCUT2D eigenvalue weighted by molar-refractivity contribution is -0.119. The van der Waals surface area contributed by atoms with Crippen molar-refractivity contribution in [2.75, 3.05) is 24.9 Å². The maximum Gasteiger partial charge on any atom is 0.230 e. The van der Waals surface area contributed by atoms with Gasteiger partial charge in [-0.15, -0.1) is 0 Å². The van der Waals surface area contributed by atoms with E-state index in [2.05, 4.69) is 20.9 Å². The SMILES string of the molecule is COc1cc2c(cc1OC)C(Oc1ccc(NC(=S)NC(=O)Cc3ccccc3)cn1)=CC(C)N2. The van der Waals surface area contributed by atoms with E-state index >= 15 is 0 Å². The summed E-state index contributed by atoms with van der Waals surface area (Å²) in [5, 5.41) is 9.24. The molecular weight excluding hydrogens is 464 g/mol. The number of methoxy groups -OCH3 is 2. The topological polar surface area (TPSA) is 93.7 Å². The Balaban J connectivity index is 1.39. The number of aromatic nitrogens is 1. The minimum absolute atomic E-state index is 0.0495. The molecule has 1 amide bonds. The molecule has 180 valence electrons. The number of fused-ring (bicyclic) bond motifs is 1. The van der Waals surface area contributed by atoms with Crippen molar-refractivity contribution in [1.29, 1.82) is 0 Å². The van der Waals surface area contributed by atoms with Gasteiger partial charge in [-0.25, -0.2) is 4.98 Å². The lowest BCUT2D eigenvalue weighted by Crippen LogP contribution is -2.35. The van der Waals surface area contributed by atoms with Gasteiger partial charge in [0.05, 0.1) is 32.5 Å². The van der Waals surface area contributed by atoms with E-state index < -0.39 is 0 Å². The van der Waals surface area contributed by atoms with E-state index in [0.29, 0.717) is 28.8 Å². The summed E-state index contributed by atoms with van der Waals surface area (Å²) in [7, 11) is 3.19. The number of carbonyl (C=O) groups excluding carboxylic acids is 1. The van der Waals surface area contributed by atoms with E-state index in [0.717, 1.165) is 16.8 Å². The maximum absolute atomic E-state index is 12.2. The standard InChI is InChI=1S/C26H26N4O4S/c1-16-11-21(19-13-22(32-2)23(33-3)14-20(19)28-16)34-25-10-9-18(15-27-25)29-26(35)30-24(31)12-17-7-5-4-6-8-17/h4-11,13-16,28H,12H2,1-3H3,(H2,29,30,31,35). The molecule has 9 heteroatoms. The molecule has 3 N–H and O–H groups in total. The molecule has 8 nitrogen and oxygen atoms in total. The fourth-order valence-corrected chi connectivity index (χ4v) is 3.87. The van der Waals surface area contributed by atoms with Crippen LogP contribution in [0.15, 0.2) is 66.9 Å². The van der Waals surface area contributed by atoms with Crippen molar-refractivity contribution in [2.24, 2.45) is 0 Å². The molecule has 0 saturated heterocycles. The van der Waals surface area contributed by atoms with Crippen molar-refractivity contribution in [3.05, 3.63) is 78.0 Å². The molecule has 1 aromatic heterocycles. The van der Waals surface area contributed by atoms with Crippen LogP contribution in [0, 0.1) is 0 Å². The van der Waals surface area contributed by atoms with Crippen molar-refractivity contribution >= 4 is 40.4 Å². The van der Waals surface area contributed by atoms with Crippen LogP contribution in [0.3, 0.4) is 0 Å². The average Bonchev–Trinajstić information content (AvgIpc) is 2.84. The molecule has 1 unspecified atom stereocenters. The minimum Gasteiger partial charge on any atom is -0.493 e. The molecule has 1 aliphatic heterocycles. The Labute approximate surface area is 209 Å². The molecule has 35 heavy (non-hydrogen) atoms. The Kier molecular flexibility index (Phi) is 7.47. The summed E-state index contributed by atoms with van der Waals surface area (Å²) < 4.78 is 16.9. The molecule has 2 aromatic carbocycles. The van der Waals surface area contributed by atoms with Crippen LogP contribution in [0.2, 0.25) is 0 Å². The van der Waals surface area contributed by atoms with E-state index in [9.17, 15) is 4.79 Å². The van der Waals surface area contributed by atoms with Crippen LogP contribution in [0.1, 0.15) is 18.1 Å². The molecule has 0 bridgehead atoms. The fourth-order valence-electron chi connectivity index (χ4n) is 3.64. The number of carbonyl (C=O) groups is 1. The predicted molar refractivity (Wildman–Crippen MR) is 140 cm³/mol. The first-order valence-electron chi connectivity index (χ1n) is 11.0. The number of hydrogen-bond donors (Lipinski definition) is 3. The van der Waals surface area contributed by atoms with Gasteiger partial charge in [0, 0.05) is 29.4 Å². The smallest absolute Gasteiger partial charge is 0.230 e. The summed E-state index contributed by atoms with van der Waals surface area (Å²) in [6, 6.07) is 16.8. The maximum atomic E-state index is 12.2. The van der Waals surface area contributed by atoms with Crippen LogP contribution in [0.5, 0.6) is 17.4 Å². The molecular formula is C26H26N4O4S. The molecule has 0 radical (unpaired) electrons. The highest BCUT2D eigenvalue weighted by atomic mass is 32.1. The third-order valence-electron chi connectivity index (χ3n) is 5.24. The number of nitrogens with one attached hydrogen (secondary N) is 3. The van der Waals surface area contributed by atoms with E-state index in [1.165, 1.54) is 0 Å². The summed E-state index contributed by atoms with van der Waals surface area (Å²) in [5.41, 5.74) is 3.26. The van der Waals surface area contributed by atoms with E-state index in [1.54, 1.807) is 32.5 Å². The van der Waals surface area contributed by atoms with Crippen LogP contribution in [-0.2, 0) is 11.2 Å². The molecule has 0 spiro atoms. The third-order valence-corrected chi connectivity index (χ3v) is 5.45. The molecule has 0 saturated carbocycles. The van der Waals surface area contributed by atoms with Gasteiger partial charge in [0.2, 0.25) is 11.8 Å². The van der Waals surface area contributed by atoms with Crippen molar-refractivity contribution < 1.29 is 19.0 Å². The first kappa shape index (κ1) is 24.0. The van der Waals surface area contributed by atoms with Crippen LogP contribution in [0.25, 0.3) is 5.76 Å². The third kappa shape index (κ3) is 6.07.